The van der Waals surface area contributed by atoms with Crippen molar-refractivity contribution < 1.29 is 34.2 Å². The Bertz CT molecular complexity index is 1390. The molecule has 3 amide bonds. The largest absolute Gasteiger partial charge is 0.481 e. The summed E-state index contributed by atoms with van der Waals surface area (Å²) in [6.07, 6.45) is 4.30. The Kier molecular flexibility index (Phi) is 11.2. The Labute approximate surface area is 241 Å². The number of rotatable bonds is 16. The zero-order valence-electron chi connectivity index (χ0n) is 23.4. The van der Waals surface area contributed by atoms with Gasteiger partial charge in [0.2, 0.25) is 17.7 Å². The highest BCUT2D eigenvalue weighted by atomic mass is 16.4. The minimum absolute atomic E-state index is 0.0141. The smallest absolute Gasteiger partial charge is 0.326 e. The molecule has 14 heteroatoms. The van der Waals surface area contributed by atoms with Gasteiger partial charge in [-0.2, -0.15) is 0 Å². The van der Waals surface area contributed by atoms with Gasteiger partial charge in [0.05, 0.1) is 12.4 Å². The fourth-order valence-corrected chi connectivity index (χ4v) is 4.48. The van der Waals surface area contributed by atoms with E-state index in [0.717, 1.165) is 10.9 Å². The van der Waals surface area contributed by atoms with Crippen molar-refractivity contribution in [1.29, 1.82) is 0 Å². The number of nitrogens with zero attached hydrogens (tertiary/aromatic N) is 1. The molecule has 0 aliphatic carbocycles. The van der Waals surface area contributed by atoms with Gasteiger partial charge < -0.3 is 41.9 Å². The lowest BCUT2D eigenvalue weighted by Crippen LogP contribution is -2.58. The van der Waals surface area contributed by atoms with Crippen LogP contribution in [0.2, 0.25) is 0 Å². The highest BCUT2D eigenvalue weighted by molar-refractivity contribution is 5.94. The quantitative estimate of drug-likeness (QED) is 0.117. The molecule has 2 heterocycles. The molecule has 9 N–H and O–H groups in total. The number of carboxylic acids is 2. The SMILES string of the molecule is CC(C)CC(NC(=O)C(Cc1cnc[nH]1)NC(=O)C(N)CCC(=O)O)C(=O)NC(Cc1c[nH]c2ccccc12)C(=O)O. The van der Waals surface area contributed by atoms with Crippen LogP contribution < -0.4 is 21.7 Å². The number of nitrogens with one attached hydrogen (secondary N) is 5. The lowest BCUT2D eigenvalue weighted by atomic mass is 10.0. The Hall–Kier alpha value is -4.72. The number of fused-ring (bicyclic) bond motifs is 1. The minimum Gasteiger partial charge on any atom is -0.481 e. The van der Waals surface area contributed by atoms with E-state index in [1.165, 1.54) is 12.5 Å². The van der Waals surface area contributed by atoms with Crippen molar-refractivity contribution in [2.45, 2.75) is 70.1 Å². The van der Waals surface area contributed by atoms with Crippen molar-refractivity contribution in [3.63, 3.8) is 0 Å². The summed E-state index contributed by atoms with van der Waals surface area (Å²) in [5.41, 5.74) is 7.89. The summed E-state index contributed by atoms with van der Waals surface area (Å²) in [4.78, 5) is 72.3. The van der Waals surface area contributed by atoms with E-state index < -0.39 is 53.8 Å². The average molecular weight is 584 g/mol. The normalized spacial score (nSPS) is 14.1. The van der Waals surface area contributed by atoms with E-state index in [2.05, 4.69) is 30.9 Å². The van der Waals surface area contributed by atoms with Crippen molar-refractivity contribution in [2.24, 2.45) is 11.7 Å². The van der Waals surface area contributed by atoms with Crippen LogP contribution in [0.15, 0.2) is 43.0 Å². The molecular weight excluding hydrogens is 546 g/mol. The van der Waals surface area contributed by atoms with Gasteiger partial charge in [-0.25, -0.2) is 9.78 Å². The molecule has 14 nitrogen and oxygen atoms in total. The molecule has 0 spiro atoms. The van der Waals surface area contributed by atoms with Crippen molar-refractivity contribution in [3.8, 4) is 0 Å². The van der Waals surface area contributed by atoms with Gasteiger partial charge in [-0.05, 0) is 30.4 Å². The molecule has 0 radical (unpaired) electrons. The van der Waals surface area contributed by atoms with Gasteiger partial charge in [-0.15, -0.1) is 0 Å². The van der Waals surface area contributed by atoms with Crippen LogP contribution in [-0.2, 0) is 36.8 Å². The van der Waals surface area contributed by atoms with Gasteiger partial charge in [-0.1, -0.05) is 32.0 Å². The summed E-state index contributed by atoms with van der Waals surface area (Å²) >= 11 is 0. The number of aliphatic carboxylic acids is 2. The topological polar surface area (TPSA) is 232 Å². The summed E-state index contributed by atoms with van der Waals surface area (Å²) in [5.74, 6) is -4.52. The van der Waals surface area contributed by atoms with Gasteiger partial charge in [-0.3, -0.25) is 19.2 Å². The Morgan fingerprint density at radius 2 is 1.57 bits per heavy atom. The van der Waals surface area contributed by atoms with Crippen LogP contribution in [0, 0.1) is 5.92 Å². The van der Waals surface area contributed by atoms with Gasteiger partial charge in [0.25, 0.3) is 0 Å². The lowest BCUT2D eigenvalue weighted by molar-refractivity contribution is -0.142. The fourth-order valence-electron chi connectivity index (χ4n) is 4.48. The van der Waals surface area contributed by atoms with Crippen LogP contribution in [0.25, 0.3) is 10.9 Å². The second-order valence-electron chi connectivity index (χ2n) is 10.5. The van der Waals surface area contributed by atoms with E-state index in [1.807, 2.05) is 38.1 Å². The van der Waals surface area contributed by atoms with Crippen LogP contribution in [0.1, 0.15) is 44.4 Å². The number of nitrogens with two attached hydrogens (primary N) is 1. The first-order valence-corrected chi connectivity index (χ1v) is 13.6. The highest BCUT2D eigenvalue weighted by Crippen LogP contribution is 2.19. The molecule has 2 aromatic heterocycles. The van der Waals surface area contributed by atoms with Gasteiger partial charge in [0.15, 0.2) is 0 Å². The third kappa shape index (κ3) is 9.16. The van der Waals surface area contributed by atoms with Crippen LogP contribution in [0.5, 0.6) is 0 Å². The van der Waals surface area contributed by atoms with Gasteiger partial charge in [0.1, 0.15) is 18.1 Å². The zero-order valence-corrected chi connectivity index (χ0v) is 23.4. The molecule has 4 atom stereocenters. The van der Waals surface area contributed by atoms with Crippen LogP contribution in [-0.4, -0.2) is 79.0 Å². The number of carbonyl (C=O) groups is 5. The number of amides is 3. The Morgan fingerprint density at radius 1 is 0.905 bits per heavy atom. The van der Waals surface area contributed by atoms with Crippen molar-refractivity contribution in [3.05, 3.63) is 54.2 Å². The molecule has 0 saturated heterocycles. The fraction of sp³-hybridized carbons (Fsp3) is 0.429. The molecule has 226 valence electrons. The average Bonchev–Trinajstić information content (AvgIpc) is 3.60. The number of H-pyrrole nitrogens is 2. The second kappa shape index (κ2) is 14.8. The predicted molar refractivity (Wildman–Crippen MR) is 152 cm³/mol. The first-order valence-electron chi connectivity index (χ1n) is 13.6. The number of hydrogen-bond acceptors (Lipinski definition) is 7. The summed E-state index contributed by atoms with van der Waals surface area (Å²) in [7, 11) is 0. The first kappa shape index (κ1) is 31.8. The molecule has 0 saturated carbocycles. The Balaban J connectivity index is 1.75. The maximum Gasteiger partial charge on any atom is 0.326 e. The standard InChI is InChI=1S/C28H37N7O7/c1-15(2)9-21(26(39)35-23(28(41)42)10-16-12-31-20-6-4-3-5-18(16)20)34-27(40)22(11-17-13-30-14-32-17)33-25(38)19(29)7-8-24(36)37/h3-6,12-15,19,21-23,31H,7-11,29H2,1-2H3,(H,30,32)(H,33,38)(H,34,40)(H,35,39)(H,36,37)(H,41,42). The maximum absolute atomic E-state index is 13.4. The number of imidazole rings is 1. The summed E-state index contributed by atoms with van der Waals surface area (Å²) < 4.78 is 0. The van der Waals surface area contributed by atoms with E-state index in [-0.39, 0.29) is 38.0 Å². The summed E-state index contributed by atoms with van der Waals surface area (Å²) in [6, 6.07) is 2.67. The molecule has 3 rings (SSSR count). The molecule has 0 bridgehead atoms. The minimum atomic E-state index is -1.27. The molecule has 3 aromatic rings. The molecular formula is C28H37N7O7. The summed E-state index contributed by atoms with van der Waals surface area (Å²) in [6.45, 7) is 3.69. The van der Waals surface area contributed by atoms with E-state index in [1.54, 1.807) is 6.20 Å². The number of benzene rings is 1. The number of carbonyl (C=O) groups excluding carboxylic acids is 3. The van der Waals surface area contributed by atoms with E-state index in [9.17, 15) is 29.1 Å². The molecule has 0 fully saturated rings. The van der Waals surface area contributed by atoms with Crippen LogP contribution in [0.3, 0.4) is 0 Å². The number of hydrogen-bond donors (Lipinski definition) is 8. The van der Waals surface area contributed by atoms with Crippen molar-refractivity contribution in [1.82, 2.24) is 30.9 Å². The maximum atomic E-state index is 13.4. The van der Waals surface area contributed by atoms with Gasteiger partial charge >= 0.3 is 11.9 Å². The number of aromatic nitrogens is 3. The molecule has 1 aromatic carbocycles. The number of aromatic amines is 2. The third-order valence-corrected chi connectivity index (χ3v) is 6.67. The van der Waals surface area contributed by atoms with Crippen LogP contribution >= 0.6 is 0 Å². The second-order valence-corrected chi connectivity index (χ2v) is 10.5. The molecule has 0 aliphatic heterocycles. The van der Waals surface area contributed by atoms with Gasteiger partial charge in [0, 0.05) is 48.3 Å². The molecule has 4 unspecified atom stereocenters. The first-order chi connectivity index (χ1) is 19.9. The Morgan fingerprint density at radius 3 is 2.21 bits per heavy atom. The van der Waals surface area contributed by atoms with Crippen LogP contribution in [0.4, 0.5) is 0 Å². The third-order valence-electron chi connectivity index (χ3n) is 6.67. The lowest BCUT2D eigenvalue weighted by Gasteiger charge is -2.26. The van der Waals surface area contributed by atoms with Crippen molar-refractivity contribution >= 4 is 40.6 Å². The number of para-hydroxylation sites is 1. The van der Waals surface area contributed by atoms with Crippen molar-refractivity contribution in [2.75, 3.05) is 0 Å². The van der Waals surface area contributed by atoms with E-state index in [4.69, 9.17) is 10.8 Å². The summed E-state index contributed by atoms with van der Waals surface area (Å²) in [5, 5.41) is 27.3. The number of carboxylic acid groups (broad SMARTS) is 2. The monoisotopic (exact) mass is 583 g/mol. The zero-order chi connectivity index (χ0) is 30.8. The molecule has 42 heavy (non-hydrogen) atoms. The van der Waals surface area contributed by atoms with E-state index in [0.29, 0.717) is 11.3 Å². The van der Waals surface area contributed by atoms with E-state index >= 15 is 0 Å². The predicted octanol–water partition coefficient (Wildman–Crippen LogP) is 0.453. The highest BCUT2D eigenvalue weighted by Gasteiger charge is 2.31. The molecule has 0 aliphatic rings.